The number of benzene rings is 2. The van der Waals surface area contributed by atoms with Gasteiger partial charge >= 0.3 is 0 Å². The van der Waals surface area contributed by atoms with Crippen LogP contribution in [0.2, 0.25) is 0 Å². The van der Waals surface area contributed by atoms with Crippen molar-refractivity contribution in [1.82, 2.24) is 9.29 Å². The third-order valence-electron chi connectivity index (χ3n) is 6.54. The molecule has 2 heterocycles. The Morgan fingerprint density at radius 3 is 2.22 bits per heavy atom. The van der Waals surface area contributed by atoms with Gasteiger partial charge in [0.1, 0.15) is 11.2 Å². The predicted octanol–water partition coefficient (Wildman–Crippen LogP) is 3.98. The van der Waals surface area contributed by atoms with Crippen LogP contribution in [-0.4, -0.2) is 42.8 Å². The molecule has 0 spiro atoms. The van der Waals surface area contributed by atoms with Crippen molar-refractivity contribution < 1.29 is 13.2 Å². The summed E-state index contributed by atoms with van der Waals surface area (Å²) in [6.45, 7) is 6.60. The molecule has 3 aromatic rings. The molecule has 0 amide bonds. The molecule has 0 N–H and O–H groups in total. The van der Waals surface area contributed by atoms with Gasteiger partial charge in [-0.3, -0.25) is 9.78 Å². The van der Waals surface area contributed by atoms with E-state index in [1.807, 2.05) is 74.5 Å². The van der Waals surface area contributed by atoms with Crippen LogP contribution >= 0.6 is 0 Å². The molecule has 1 saturated heterocycles. The number of sulfonamides is 1. The van der Waals surface area contributed by atoms with E-state index in [2.05, 4.69) is 4.98 Å². The third-order valence-corrected chi connectivity index (χ3v) is 7.78. The average Bonchev–Trinajstić information content (AvgIpc) is 2.68. The third kappa shape index (κ3) is 3.78. The number of pyridine rings is 1. The summed E-state index contributed by atoms with van der Waals surface area (Å²) < 4.78 is 24.9. The van der Waals surface area contributed by atoms with E-state index < -0.39 is 15.4 Å². The fraction of sp³-hybridized carbons (Fsp3) is 0.308. The quantitative estimate of drug-likeness (QED) is 0.572. The van der Waals surface area contributed by atoms with Gasteiger partial charge in [0.2, 0.25) is 10.0 Å². The van der Waals surface area contributed by atoms with Crippen LogP contribution in [-0.2, 0) is 20.2 Å². The topological polar surface area (TPSA) is 67.3 Å². The number of hydrogen-bond acceptors (Lipinski definition) is 4. The van der Waals surface area contributed by atoms with Crippen LogP contribution in [0, 0.1) is 13.8 Å². The Balaban J connectivity index is 1.83. The Hall–Kier alpha value is -2.83. The lowest BCUT2D eigenvalue weighted by molar-refractivity contribution is -0.119. The second-order valence-electron chi connectivity index (χ2n) is 8.71. The highest BCUT2D eigenvalue weighted by Crippen LogP contribution is 2.42. The van der Waals surface area contributed by atoms with Gasteiger partial charge in [0.25, 0.3) is 0 Å². The van der Waals surface area contributed by atoms with Crippen molar-refractivity contribution in [3.63, 3.8) is 0 Å². The minimum atomic E-state index is -3.15. The van der Waals surface area contributed by atoms with Crippen molar-refractivity contribution in [2.24, 2.45) is 0 Å². The highest BCUT2D eigenvalue weighted by molar-refractivity contribution is 7.88. The van der Waals surface area contributed by atoms with Crippen molar-refractivity contribution in [2.45, 2.75) is 32.1 Å². The minimum absolute atomic E-state index is 0.0389. The largest absolute Gasteiger partial charge is 0.298 e. The fourth-order valence-corrected chi connectivity index (χ4v) is 5.67. The average molecular weight is 449 g/mol. The summed E-state index contributed by atoms with van der Waals surface area (Å²) in [5, 5.41) is 0. The van der Waals surface area contributed by atoms with Gasteiger partial charge in [0, 0.05) is 30.9 Å². The standard InChI is InChI=1S/C26H28N2O3S/c1-18-7-5-6-8-25(18)26(20(3)29,24-13-14-27-19(2)15-24)23-11-9-21(10-12-23)22-16-28(17-22)32(4,30)31/h5-15,22H,16-17H2,1-4H3/t26-/m0/s1. The summed E-state index contributed by atoms with van der Waals surface area (Å²) in [6, 6.07) is 20.0. The number of Topliss-reactive ketones (excluding diaryl/α,β-unsaturated/α-hetero) is 1. The van der Waals surface area contributed by atoms with Gasteiger partial charge in [0.15, 0.2) is 0 Å². The molecule has 166 valence electrons. The van der Waals surface area contributed by atoms with Crippen LogP contribution < -0.4 is 0 Å². The van der Waals surface area contributed by atoms with E-state index in [0.717, 1.165) is 33.5 Å². The van der Waals surface area contributed by atoms with Crippen LogP contribution in [0.25, 0.3) is 0 Å². The summed E-state index contributed by atoms with van der Waals surface area (Å²) in [7, 11) is -3.15. The van der Waals surface area contributed by atoms with Crippen LogP contribution in [0.5, 0.6) is 0 Å². The molecule has 1 aromatic heterocycles. The van der Waals surface area contributed by atoms with Crippen molar-refractivity contribution in [1.29, 1.82) is 0 Å². The smallest absolute Gasteiger partial charge is 0.211 e. The minimum Gasteiger partial charge on any atom is -0.298 e. The Morgan fingerprint density at radius 2 is 1.66 bits per heavy atom. The van der Waals surface area contributed by atoms with E-state index in [1.165, 1.54) is 10.6 Å². The van der Waals surface area contributed by atoms with Gasteiger partial charge in [-0.05, 0) is 60.7 Å². The summed E-state index contributed by atoms with van der Waals surface area (Å²) >= 11 is 0. The second-order valence-corrected chi connectivity index (χ2v) is 10.7. The SMILES string of the molecule is CC(=O)[C@](c1ccc(C2CN(S(C)(=O)=O)C2)cc1)(c1ccnc(C)c1)c1ccccc1C. The van der Waals surface area contributed by atoms with Crippen LogP contribution in [0.15, 0.2) is 66.9 Å². The molecule has 1 aliphatic heterocycles. The number of aromatic nitrogens is 1. The Kier molecular flexibility index (Phi) is 5.77. The number of carbonyl (C=O) groups excluding carboxylic acids is 1. The molecule has 0 saturated carbocycles. The van der Waals surface area contributed by atoms with Gasteiger partial charge in [-0.2, -0.15) is 0 Å². The summed E-state index contributed by atoms with van der Waals surface area (Å²) in [5.41, 5.74) is 4.78. The first kappa shape index (κ1) is 22.4. The first-order valence-electron chi connectivity index (χ1n) is 10.7. The lowest BCUT2D eigenvalue weighted by Gasteiger charge is -2.38. The van der Waals surface area contributed by atoms with Crippen LogP contribution in [0.1, 0.15) is 46.4 Å². The first-order valence-corrected chi connectivity index (χ1v) is 12.5. The molecule has 4 rings (SSSR count). The van der Waals surface area contributed by atoms with E-state index in [0.29, 0.717) is 13.1 Å². The molecule has 2 aromatic carbocycles. The number of rotatable bonds is 6. The van der Waals surface area contributed by atoms with Crippen molar-refractivity contribution in [3.8, 4) is 0 Å². The van der Waals surface area contributed by atoms with Gasteiger partial charge < -0.3 is 0 Å². The molecule has 5 nitrogen and oxygen atoms in total. The van der Waals surface area contributed by atoms with Crippen molar-refractivity contribution in [3.05, 3.63) is 100 Å². The Morgan fingerprint density at radius 1 is 1.00 bits per heavy atom. The normalized spacial score (nSPS) is 16.9. The zero-order valence-electron chi connectivity index (χ0n) is 18.9. The molecule has 0 unspecified atom stereocenters. The molecule has 0 aliphatic carbocycles. The summed E-state index contributed by atoms with van der Waals surface area (Å²) in [5.74, 6) is 0.212. The molecule has 1 atom stereocenters. The van der Waals surface area contributed by atoms with Crippen molar-refractivity contribution in [2.75, 3.05) is 19.3 Å². The number of aryl methyl sites for hydroxylation is 2. The summed E-state index contributed by atoms with van der Waals surface area (Å²) in [6.07, 6.45) is 3.00. The second kappa shape index (κ2) is 8.26. The van der Waals surface area contributed by atoms with E-state index in [9.17, 15) is 13.2 Å². The van der Waals surface area contributed by atoms with E-state index >= 15 is 0 Å². The number of hydrogen-bond donors (Lipinski definition) is 0. The highest BCUT2D eigenvalue weighted by atomic mass is 32.2. The van der Waals surface area contributed by atoms with Crippen molar-refractivity contribution >= 4 is 15.8 Å². The van der Waals surface area contributed by atoms with Crippen LogP contribution in [0.3, 0.4) is 0 Å². The molecule has 0 bridgehead atoms. The molecule has 6 heteroatoms. The van der Waals surface area contributed by atoms with Gasteiger partial charge in [-0.25, -0.2) is 12.7 Å². The van der Waals surface area contributed by atoms with E-state index in [1.54, 1.807) is 13.1 Å². The predicted molar refractivity (Wildman–Crippen MR) is 126 cm³/mol. The molecular weight excluding hydrogens is 420 g/mol. The maximum Gasteiger partial charge on any atom is 0.211 e. The monoisotopic (exact) mass is 448 g/mol. The maximum atomic E-state index is 13.5. The number of nitrogens with zero attached hydrogens (tertiary/aromatic N) is 2. The molecule has 0 radical (unpaired) electrons. The first-order chi connectivity index (χ1) is 15.1. The molecule has 1 aliphatic rings. The lowest BCUT2D eigenvalue weighted by Crippen LogP contribution is -2.47. The zero-order chi connectivity index (χ0) is 23.1. The Bertz CT molecular complexity index is 1260. The molecule has 1 fully saturated rings. The number of ketones is 1. The van der Waals surface area contributed by atoms with Gasteiger partial charge in [-0.15, -0.1) is 0 Å². The zero-order valence-corrected chi connectivity index (χ0v) is 19.7. The van der Waals surface area contributed by atoms with Gasteiger partial charge in [0.05, 0.1) is 6.26 Å². The number of carbonyl (C=O) groups is 1. The maximum absolute atomic E-state index is 13.5. The van der Waals surface area contributed by atoms with Gasteiger partial charge in [-0.1, -0.05) is 48.5 Å². The van der Waals surface area contributed by atoms with E-state index in [4.69, 9.17) is 0 Å². The summed E-state index contributed by atoms with van der Waals surface area (Å²) in [4.78, 5) is 17.8. The lowest BCUT2D eigenvalue weighted by atomic mass is 9.65. The molecular formula is C26H28N2O3S. The van der Waals surface area contributed by atoms with Crippen LogP contribution in [0.4, 0.5) is 0 Å². The van der Waals surface area contributed by atoms with E-state index in [-0.39, 0.29) is 11.7 Å². The fourth-order valence-electron chi connectivity index (χ4n) is 4.77. The molecule has 32 heavy (non-hydrogen) atoms. The highest BCUT2D eigenvalue weighted by Gasteiger charge is 2.42. The Labute approximate surface area is 190 Å².